The molecule has 0 unspecified atom stereocenters. The Labute approximate surface area is 68.5 Å². The quantitative estimate of drug-likeness (QED) is 0.558. The highest BCUT2D eigenvalue weighted by Gasteiger charge is 2.16. The molecule has 0 saturated carbocycles. The van der Waals surface area contributed by atoms with Crippen LogP contribution in [0.15, 0.2) is 0 Å². The van der Waals surface area contributed by atoms with E-state index in [0.29, 0.717) is 19.6 Å². The van der Waals surface area contributed by atoms with Crippen LogP contribution in [0.25, 0.3) is 0 Å². The maximum atomic E-state index is 8.65. The molecule has 0 fully saturated rings. The molecule has 0 aliphatic carbocycles. The molecule has 68 valence electrons. The number of nitrogens with two attached hydrogens (primary N) is 1. The lowest BCUT2D eigenvalue weighted by Gasteiger charge is -2.24. The second-order valence-electron chi connectivity index (χ2n) is 3.22. The number of ether oxygens (including phenoxy) is 1. The predicted octanol–water partition coefficient (Wildman–Crippen LogP) is 0.513. The van der Waals surface area contributed by atoms with Crippen LogP contribution in [0.1, 0.15) is 26.7 Å². The van der Waals surface area contributed by atoms with Gasteiger partial charge in [0.15, 0.2) is 0 Å². The van der Waals surface area contributed by atoms with Crippen LogP contribution >= 0.6 is 0 Å². The first-order chi connectivity index (χ1) is 5.12. The molecule has 0 amide bonds. The third-order valence-corrected chi connectivity index (χ3v) is 1.56. The molecule has 0 aromatic carbocycles. The smallest absolute Gasteiger partial charge is 0.0648 e. The maximum absolute atomic E-state index is 8.65. The summed E-state index contributed by atoms with van der Waals surface area (Å²) in [6.45, 7) is 5.47. The first-order valence-corrected chi connectivity index (χ1v) is 4.07. The zero-order valence-electron chi connectivity index (χ0n) is 7.47. The van der Waals surface area contributed by atoms with Gasteiger partial charge in [0.25, 0.3) is 0 Å². The molecule has 0 aromatic heterocycles. The van der Waals surface area contributed by atoms with Gasteiger partial charge in [0.1, 0.15) is 0 Å². The fourth-order valence-electron chi connectivity index (χ4n) is 0.773. The summed E-state index contributed by atoms with van der Waals surface area (Å²) < 4.78 is 5.47. The Morgan fingerprint density at radius 3 is 2.55 bits per heavy atom. The normalized spacial score (nSPS) is 12.0. The lowest BCUT2D eigenvalue weighted by molar-refractivity contribution is -0.0327. The second-order valence-corrected chi connectivity index (χ2v) is 3.22. The topological polar surface area (TPSA) is 55.5 Å². The zero-order valence-corrected chi connectivity index (χ0v) is 7.47. The van der Waals surface area contributed by atoms with Crippen LogP contribution < -0.4 is 5.73 Å². The fourth-order valence-corrected chi connectivity index (χ4v) is 0.773. The highest BCUT2D eigenvalue weighted by atomic mass is 16.5. The minimum Gasteiger partial charge on any atom is -0.396 e. The van der Waals surface area contributed by atoms with E-state index in [1.165, 1.54) is 0 Å². The van der Waals surface area contributed by atoms with E-state index in [9.17, 15) is 0 Å². The average Bonchev–Trinajstić information content (AvgIpc) is 1.87. The van der Waals surface area contributed by atoms with Crippen LogP contribution in [0.4, 0.5) is 0 Å². The average molecular weight is 161 g/mol. The van der Waals surface area contributed by atoms with Gasteiger partial charge in [0.2, 0.25) is 0 Å². The lowest BCUT2D eigenvalue weighted by Crippen LogP contribution is -2.26. The van der Waals surface area contributed by atoms with Crippen molar-refractivity contribution in [2.45, 2.75) is 32.3 Å². The molecular formula is C8H19NO2. The summed E-state index contributed by atoms with van der Waals surface area (Å²) in [6, 6.07) is 0. The molecule has 0 radical (unpaired) electrons. The Kier molecular flexibility index (Phi) is 5.46. The van der Waals surface area contributed by atoms with Crippen LogP contribution in [0.5, 0.6) is 0 Å². The van der Waals surface area contributed by atoms with Crippen molar-refractivity contribution in [1.82, 2.24) is 0 Å². The largest absolute Gasteiger partial charge is 0.396 e. The molecule has 0 aliphatic heterocycles. The van der Waals surface area contributed by atoms with Crippen molar-refractivity contribution in [2.24, 2.45) is 5.73 Å². The number of hydrogen-bond donors (Lipinski definition) is 2. The van der Waals surface area contributed by atoms with Gasteiger partial charge in [-0.05, 0) is 33.2 Å². The Morgan fingerprint density at radius 2 is 2.09 bits per heavy atom. The van der Waals surface area contributed by atoms with E-state index in [2.05, 4.69) is 0 Å². The molecule has 0 aromatic rings. The Morgan fingerprint density at radius 1 is 1.45 bits per heavy atom. The Balaban J connectivity index is 3.38. The van der Waals surface area contributed by atoms with E-state index in [1.807, 2.05) is 13.8 Å². The summed E-state index contributed by atoms with van der Waals surface area (Å²) in [5.74, 6) is 0. The standard InChI is InChI=1S/C8H19NO2/c1-8(2,4-6-10)11-7-3-5-9/h10H,3-7,9H2,1-2H3. The van der Waals surface area contributed by atoms with E-state index in [-0.39, 0.29) is 12.2 Å². The highest BCUT2D eigenvalue weighted by molar-refractivity contribution is 4.67. The third-order valence-electron chi connectivity index (χ3n) is 1.56. The molecule has 0 aliphatic rings. The van der Waals surface area contributed by atoms with Crippen molar-refractivity contribution in [3.8, 4) is 0 Å². The van der Waals surface area contributed by atoms with Crippen molar-refractivity contribution < 1.29 is 9.84 Å². The second kappa shape index (κ2) is 5.52. The third kappa shape index (κ3) is 6.28. The fraction of sp³-hybridized carbons (Fsp3) is 1.00. The monoisotopic (exact) mass is 161 g/mol. The van der Waals surface area contributed by atoms with Crippen LogP contribution in [-0.4, -0.2) is 30.5 Å². The summed E-state index contributed by atoms with van der Waals surface area (Å²) >= 11 is 0. The number of aliphatic hydroxyl groups excluding tert-OH is 1. The van der Waals surface area contributed by atoms with Crippen LogP contribution in [0.2, 0.25) is 0 Å². The Bertz CT molecular complexity index is 94.1. The summed E-state index contributed by atoms with van der Waals surface area (Å²) in [5.41, 5.74) is 5.10. The first kappa shape index (κ1) is 10.9. The molecule has 3 heteroatoms. The van der Waals surface area contributed by atoms with E-state index >= 15 is 0 Å². The van der Waals surface area contributed by atoms with Gasteiger partial charge in [-0.25, -0.2) is 0 Å². The molecule has 0 saturated heterocycles. The van der Waals surface area contributed by atoms with E-state index < -0.39 is 0 Å². The summed E-state index contributed by atoms with van der Waals surface area (Å²) in [6.07, 6.45) is 1.56. The van der Waals surface area contributed by atoms with Crippen LogP contribution in [0, 0.1) is 0 Å². The van der Waals surface area contributed by atoms with Gasteiger partial charge in [-0.2, -0.15) is 0 Å². The van der Waals surface area contributed by atoms with Gasteiger partial charge in [0, 0.05) is 13.2 Å². The molecule has 3 nitrogen and oxygen atoms in total. The number of hydrogen-bond acceptors (Lipinski definition) is 3. The summed E-state index contributed by atoms with van der Waals surface area (Å²) in [7, 11) is 0. The van der Waals surface area contributed by atoms with Crippen molar-refractivity contribution in [2.75, 3.05) is 19.8 Å². The molecule has 0 bridgehead atoms. The van der Waals surface area contributed by atoms with Crippen LogP contribution in [-0.2, 0) is 4.74 Å². The molecule has 0 heterocycles. The highest BCUT2D eigenvalue weighted by Crippen LogP contribution is 2.13. The molecule has 3 N–H and O–H groups in total. The van der Waals surface area contributed by atoms with Gasteiger partial charge in [-0.15, -0.1) is 0 Å². The van der Waals surface area contributed by atoms with Crippen molar-refractivity contribution in [1.29, 1.82) is 0 Å². The van der Waals surface area contributed by atoms with Crippen molar-refractivity contribution in [3.05, 3.63) is 0 Å². The first-order valence-electron chi connectivity index (χ1n) is 4.07. The minimum absolute atomic E-state index is 0.176. The lowest BCUT2D eigenvalue weighted by atomic mass is 10.1. The number of rotatable bonds is 6. The summed E-state index contributed by atoms with van der Waals surface area (Å²) in [5, 5.41) is 8.65. The van der Waals surface area contributed by atoms with E-state index in [1.54, 1.807) is 0 Å². The molecular weight excluding hydrogens is 142 g/mol. The van der Waals surface area contributed by atoms with Crippen molar-refractivity contribution >= 4 is 0 Å². The molecule has 0 atom stereocenters. The van der Waals surface area contributed by atoms with Gasteiger partial charge in [-0.3, -0.25) is 0 Å². The van der Waals surface area contributed by atoms with Gasteiger partial charge in [-0.1, -0.05) is 0 Å². The van der Waals surface area contributed by atoms with E-state index in [4.69, 9.17) is 15.6 Å². The maximum Gasteiger partial charge on any atom is 0.0648 e. The molecule has 11 heavy (non-hydrogen) atoms. The molecule has 0 spiro atoms. The SMILES string of the molecule is CC(C)(CCO)OCCCN. The number of aliphatic hydroxyl groups is 1. The van der Waals surface area contributed by atoms with Crippen molar-refractivity contribution in [3.63, 3.8) is 0 Å². The molecule has 0 rings (SSSR count). The van der Waals surface area contributed by atoms with Gasteiger partial charge < -0.3 is 15.6 Å². The van der Waals surface area contributed by atoms with Gasteiger partial charge >= 0.3 is 0 Å². The van der Waals surface area contributed by atoms with E-state index in [0.717, 1.165) is 6.42 Å². The Hall–Kier alpha value is -0.120. The predicted molar refractivity (Wildman–Crippen MR) is 45.4 cm³/mol. The zero-order chi connectivity index (χ0) is 8.74. The summed E-state index contributed by atoms with van der Waals surface area (Å²) in [4.78, 5) is 0. The van der Waals surface area contributed by atoms with Gasteiger partial charge in [0.05, 0.1) is 5.60 Å². The minimum atomic E-state index is -0.204. The van der Waals surface area contributed by atoms with Crippen LogP contribution in [0.3, 0.4) is 0 Å².